The molecular formula is C13H19F3O6SSi. The fourth-order valence-corrected chi connectivity index (χ4v) is 2.80. The Balaban J connectivity index is 3.06. The van der Waals surface area contributed by atoms with Crippen LogP contribution in [0, 0.1) is 0 Å². The third-order valence-corrected chi connectivity index (χ3v) is 5.44. The summed E-state index contributed by atoms with van der Waals surface area (Å²) in [6.07, 6.45) is 0.532. The molecule has 0 amide bonds. The van der Waals surface area contributed by atoms with E-state index in [0.717, 1.165) is 6.07 Å². The molecule has 0 aliphatic carbocycles. The molecule has 0 unspecified atom stereocenters. The molecule has 0 saturated carbocycles. The molecule has 0 radical (unpaired) electrons. The molecule has 1 aromatic heterocycles. The molecular weight excluding hydrogens is 369 g/mol. The van der Waals surface area contributed by atoms with Crippen LogP contribution in [0.2, 0.25) is 5.04 Å². The summed E-state index contributed by atoms with van der Waals surface area (Å²) < 4.78 is 73.3. The molecule has 1 rings (SSSR count). The van der Waals surface area contributed by atoms with E-state index in [2.05, 4.69) is 4.18 Å². The van der Waals surface area contributed by atoms with Gasteiger partial charge in [-0.1, -0.05) is 20.8 Å². The molecule has 138 valence electrons. The summed E-state index contributed by atoms with van der Waals surface area (Å²) in [6.45, 7) is 9.24. The molecule has 1 heterocycles. The second-order valence-electron chi connectivity index (χ2n) is 6.82. The molecule has 0 aromatic carbocycles. The maximum absolute atomic E-state index is 12.3. The predicted molar refractivity (Wildman–Crippen MR) is 83.0 cm³/mol. The van der Waals surface area contributed by atoms with E-state index in [4.69, 9.17) is 8.84 Å². The Morgan fingerprint density at radius 1 is 1.12 bits per heavy atom. The summed E-state index contributed by atoms with van der Waals surface area (Å²) in [5, 5.41) is -0.0264. The highest BCUT2D eigenvalue weighted by molar-refractivity contribution is 7.87. The van der Waals surface area contributed by atoms with Gasteiger partial charge in [-0.15, -0.1) is 0 Å². The van der Waals surface area contributed by atoms with Gasteiger partial charge < -0.3 is 13.0 Å². The quantitative estimate of drug-likeness (QED) is 0.438. The van der Waals surface area contributed by atoms with Crippen molar-refractivity contribution in [3.05, 3.63) is 28.3 Å². The monoisotopic (exact) mass is 388 g/mol. The summed E-state index contributed by atoms with van der Waals surface area (Å²) in [4.78, 5) is 11.8. The topological polar surface area (TPSA) is 82.8 Å². The van der Waals surface area contributed by atoms with Crippen molar-refractivity contribution in [1.29, 1.82) is 0 Å². The average Bonchev–Trinajstić information content (AvgIpc) is 2.36. The maximum Gasteiger partial charge on any atom is 0.534 e. The zero-order chi connectivity index (χ0) is 19.0. The first-order valence-electron chi connectivity index (χ1n) is 6.83. The van der Waals surface area contributed by atoms with Crippen LogP contribution < -0.4 is 9.61 Å². The first-order chi connectivity index (χ1) is 10.6. The number of hydrogen-bond acceptors (Lipinski definition) is 6. The highest BCUT2D eigenvalue weighted by Gasteiger charge is 2.49. The van der Waals surface area contributed by atoms with Crippen LogP contribution in [0.3, 0.4) is 0 Å². The van der Waals surface area contributed by atoms with Gasteiger partial charge in [0, 0.05) is 6.07 Å². The van der Waals surface area contributed by atoms with Gasteiger partial charge in [0.1, 0.15) is 17.6 Å². The Hall–Kier alpha value is -1.33. The van der Waals surface area contributed by atoms with Crippen molar-refractivity contribution in [2.45, 2.75) is 50.8 Å². The Morgan fingerprint density at radius 3 is 2.08 bits per heavy atom. The molecule has 0 aliphatic rings. The first-order valence-corrected chi connectivity index (χ1v) is 9.52. The fourth-order valence-electron chi connectivity index (χ4n) is 1.41. The van der Waals surface area contributed by atoms with Crippen LogP contribution in [0.4, 0.5) is 13.2 Å². The predicted octanol–water partition coefficient (Wildman–Crippen LogP) is 2.42. The van der Waals surface area contributed by atoms with Gasteiger partial charge >= 0.3 is 15.6 Å². The van der Waals surface area contributed by atoms with E-state index in [9.17, 15) is 26.4 Å². The summed E-state index contributed by atoms with van der Waals surface area (Å²) in [6, 6.07) is 0.859. The Bertz CT molecular complexity index is 746. The molecule has 0 aliphatic heterocycles. The van der Waals surface area contributed by atoms with Crippen LogP contribution in [0.15, 0.2) is 21.5 Å². The maximum atomic E-state index is 12.3. The SMILES string of the molecule is CC(C)(C)[SiH2]OC(C)(C)c1cc(=O)c(OS(=O)(=O)C(F)(F)F)co1. The molecule has 11 heteroatoms. The number of alkyl halides is 3. The number of halogens is 3. The van der Waals surface area contributed by atoms with E-state index >= 15 is 0 Å². The smallest absolute Gasteiger partial charge is 0.462 e. The summed E-state index contributed by atoms with van der Waals surface area (Å²) in [5.74, 6) is -1.01. The normalized spacial score (nSPS) is 14.3. The number of hydrogen-bond donors (Lipinski definition) is 0. The largest absolute Gasteiger partial charge is 0.534 e. The van der Waals surface area contributed by atoms with E-state index in [1.807, 2.05) is 20.8 Å². The Labute approximate surface area is 140 Å². The van der Waals surface area contributed by atoms with Crippen molar-refractivity contribution in [2.75, 3.05) is 0 Å². The Morgan fingerprint density at radius 2 is 1.67 bits per heavy atom. The van der Waals surface area contributed by atoms with Gasteiger partial charge in [0.2, 0.25) is 11.2 Å². The van der Waals surface area contributed by atoms with Crippen molar-refractivity contribution in [3.63, 3.8) is 0 Å². The molecule has 0 N–H and O–H groups in total. The lowest BCUT2D eigenvalue weighted by Gasteiger charge is -2.28. The van der Waals surface area contributed by atoms with Crippen LogP contribution in [0.1, 0.15) is 40.4 Å². The average molecular weight is 388 g/mol. The van der Waals surface area contributed by atoms with Gasteiger partial charge in [-0.3, -0.25) is 4.79 Å². The molecule has 24 heavy (non-hydrogen) atoms. The van der Waals surface area contributed by atoms with Crippen LogP contribution in [0.25, 0.3) is 0 Å². The van der Waals surface area contributed by atoms with E-state index in [-0.39, 0.29) is 10.8 Å². The van der Waals surface area contributed by atoms with Gasteiger partial charge in [-0.05, 0) is 18.9 Å². The zero-order valence-electron chi connectivity index (χ0n) is 13.9. The standard InChI is InChI=1S/C13H19F3O6SSi/c1-11(2,3)24-22-12(4,5)10-6-8(17)9(7-20-10)21-23(18,19)13(14,15)16/h6-7H,24H2,1-5H3. The molecule has 6 nitrogen and oxygen atoms in total. The number of rotatable bonds is 5. The summed E-state index contributed by atoms with van der Waals surface area (Å²) in [7, 11) is -6.94. The van der Waals surface area contributed by atoms with Crippen LogP contribution in [-0.4, -0.2) is 23.7 Å². The highest BCUT2D eigenvalue weighted by atomic mass is 32.2. The minimum Gasteiger partial charge on any atom is -0.462 e. The first kappa shape index (κ1) is 20.7. The third kappa shape index (κ3) is 5.35. The van der Waals surface area contributed by atoms with Gasteiger partial charge in [-0.2, -0.15) is 21.6 Å². The van der Waals surface area contributed by atoms with Gasteiger partial charge in [0.15, 0.2) is 9.76 Å². The van der Waals surface area contributed by atoms with Crippen LogP contribution >= 0.6 is 0 Å². The lowest BCUT2D eigenvalue weighted by molar-refractivity contribution is -0.0501. The minimum atomic E-state index is -5.94. The lowest BCUT2D eigenvalue weighted by Crippen LogP contribution is -2.31. The van der Waals surface area contributed by atoms with Crippen LogP contribution in [-0.2, 0) is 20.1 Å². The van der Waals surface area contributed by atoms with E-state index < -0.39 is 42.2 Å². The lowest BCUT2D eigenvalue weighted by atomic mass is 10.1. The molecule has 0 fully saturated rings. The molecule has 0 atom stereocenters. The third-order valence-electron chi connectivity index (χ3n) is 2.74. The van der Waals surface area contributed by atoms with Crippen LogP contribution in [0.5, 0.6) is 5.75 Å². The summed E-state index contributed by atoms with van der Waals surface area (Å²) in [5.41, 5.74) is -7.68. The Kier molecular flexibility index (Phi) is 5.63. The minimum absolute atomic E-state index is 0.0264. The molecule has 0 spiro atoms. The van der Waals surface area contributed by atoms with Gasteiger partial charge in [0.05, 0.1) is 0 Å². The van der Waals surface area contributed by atoms with Gasteiger partial charge in [-0.25, -0.2) is 0 Å². The van der Waals surface area contributed by atoms with Gasteiger partial charge in [0.25, 0.3) is 0 Å². The second-order valence-corrected chi connectivity index (χ2v) is 11.1. The van der Waals surface area contributed by atoms with E-state index in [0.29, 0.717) is 6.26 Å². The molecule has 0 bridgehead atoms. The molecule has 1 aromatic rings. The van der Waals surface area contributed by atoms with Crippen molar-refractivity contribution in [1.82, 2.24) is 0 Å². The zero-order valence-corrected chi connectivity index (χ0v) is 16.1. The van der Waals surface area contributed by atoms with Crippen molar-refractivity contribution in [3.8, 4) is 5.75 Å². The fraction of sp³-hybridized carbons (Fsp3) is 0.615. The van der Waals surface area contributed by atoms with Crippen molar-refractivity contribution in [2.24, 2.45) is 0 Å². The summed E-state index contributed by atoms with van der Waals surface area (Å²) >= 11 is 0. The molecule has 0 saturated heterocycles. The van der Waals surface area contributed by atoms with Crippen molar-refractivity contribution >= 4 is 19.9 Å². The highest BCUT2D eigenvalue weighted by Crippen LogP contribution is 2.30. The van der Waals surface area contributed by atoms with E-state index in [1.54, 1.807) is 13.8 Å². The van der Waals surface area contributed by atoms with E-state index in [1.165, 1.54) is 0 Å². The second kappa shape index (κ2) is 6.52. The van der Waals surface area contributed by atoms with Crippen molar-refractivity contribution < 1.29 is 34.6 Å².